The number of nitrogens with zero attached hydrogens (tertiary/aromatic N) is 2. The van der Waals surface area contributed by atoms with Gasteiger partial charge in [0.1, 0.15) is 6.04 Å². The Bertz CT molecular complexity index is 954. The fourth-order valence-corrected chi connectivity index (χ4v) is 8.99. The van der Waals surface area contributed by atoms with Crippen molar-refractivity contribution in [2.75, 3.05) is 26.3 Å². The van der Waals surface area contributed by atoms with Gasteiger partial charge in [-0.25, -0.2) is 0 Å². The molecule has 0 aliphatic carbocycles. The molecule has 4 heterocycles. The van der Waals surface area contributed by atoms with Crippen molar-refractivity contribution >= 4 is 29.5 Å². The zero-order valence-electron chi connectivity index (χ0n) is 23.1. The number of amides is 2. The first-order valence-electron chi connectivity index (χ1n) is 13.8. The van der Waals surface area contributed by atoms with Crippen molar-refractivity contribution in [3.05, 3.63) is 24.3 Å². The largest absolute Gasteiger partial charge is 0.465 e. The number of hydrogen-bond acceptors (Lipinski definition) is 6. The Hall–Kier alpha value is -1.80. The average molecular weight is 533 g/mol. The van der Waals surface area contributed by atoms with Gasteiger partial charge in [0.2, 0.25) is 11.8 Å². The number of likely N-dealkylation sites (tertiary alicyclic amines) is 1. The van der Waals surface area contributed by atoms with Crippen molar-refractivity contribution in [1.29, 1.82) is 0 Å². The second kappa shape index (κ2) is 10.8. The molecule has 1 unspecified atom stereocenters. The Morgan fingerprint density at radius 1 is 1.08 bits per heavy atom. The maximum Gasteiger partial charge on any atom is 0.311 e. The molecule has 7 nitrogen and oxygen atoms in total. The van der Waals surface area contributed by atoms with Crippen LogP contribution in [0.25, 0.3) is 0 Å². The number of cyclic esters (lactones) is 1. The van der Waals surface area contributed by atoms with Gasteiger partial charge in [0.15, 0.2) is 0 Å². The van der Waals surface area contributed by atoms with E-state index in [0.717, 1.165) is 25.7 Å². The van der Waals surface area contributed by atoms with Gasteiger partial charge >= 0.3 is 5.97 Å². The molecule has 0 aromatic heterocycles. The summed E-state index contributed by atoms with van der Waals surface area (Å²) in [7, 11) is 0. The Labute approximate surface area is 226 Å². The number of ether oxygens (including phenoxy) is 1. The van der Waals surface area contributed by atoms with Crippen LogP contribution in [0.3, 0.4) is 0 Å². The standard InChI is InChI=1S/C29H44N2O5S/c1-27(2,3)19-28(4,5)31-16-12-14-29-22(24(33)30(15-9-10-17-32)23(29)25(31)34)21-20(37-29)13-8-6-7-11-18-36-26(21)35/h8,12-14,20-23,32H,6-7,9-11,15-19H2,1-5H3/b13-8-/t20-,21+,22-,23?,29-/m0/s1. The molecule has 0 aromatic carbocycles. The van der Waals surface area contributed by atoms with E-state index in [-0.39, 0.29) is 35.1 Å². The van der Waals surface area contributed by atoms with E-state index in [1.165, 1.54) is 0 Å². The molecule has 4 rings (SSSR count). The molecule has 1 spiro atoms. The lowest BCUT2D eigenvalue weighted by molar-refractivity contribution is -0.153. The summed E-state index contributed by atoms with van der Waals surface area (Å²) in [6.45, 7) is 12.0. The topological polar surface area (TPSA) is 87.2 Å². The Morgan fingerprint density at radius 2 is 1.84 bits per heavy atom. The summed E-state index contributed by atoms with van der Waals surface area (Å²) in [6, 6.07) is -0.689. The van der Waals surface area contributed by atoms with Crippen LogP contribution < -0.4 is 0 Å². The summed E-state index contributed by atoms with van der Waals surface area (Å²) < 4.78 is 4.85. The number of rotatable bonds is 6. The number of carbonyl (C=O) groups excluding carboxylic acids is 3. The first-order valence-corrected chi connectivity index (χ1v) is 14.7. The highest BCUT2D eigenvalue weighted by Crippen LogP contribution is 2.61. The monoisotopic (exact) mass is 532 g/mol. The van der Waals surface area contributed by atoms with Crippen LogP contribution in [0.5, 0.6) is 0 Å². The molecule has 0 saturated carbocycles. The van der Waals surface area contributed by atoms with Crippen LogP contribution in [0, 0.1) is 17.3 Å². The van der Waals surface area contributed by atoms with E-state index in [0.29, 0.717) is 32.5 Å². The van der Waals surface area contributed by atoms with Gasteiger partial charge < -0.3 is 19.6 Å². The third-order valence-electron chi connectivity index (χ3n) is 8.10. The molecule has 2 amide bonds. The lowest BCUT2D eigenvalue weighted by Gasteiger charge is -2.44. The molecule has 0 aromatic rings. The highest BCUT2D eigenvalue weighted by atomic mass is 32.2. The van der Waals surface area contributed by atoms with Crippen LogP contribution in [0.4, 0.5) is 0 Å². The Balaban J connectivity index is 1.78. The fourth-order valence-electron chi connectivity index (χ4n) is 6.99. The lowest BCUT2D eigenvalue weighted by atomic mass is 9.78. The smallest absolute Gasteiger partial charge is 0.311 e. The van der Waals surface area contributed by atoms with Crippen LogP contribution in [0.15, 0.2) is 24.3 Å². The van der Waals surface area contributed by atoms with Gasteiger partial charge in [-0.2, -0.15) is 0 Å². The predicted molar refractivity (Wildman–Crippen MR) is 146 cm³/mol. The number of carbonyl (C=O) groups is 3. The number of fused-ring (bicyclic) bond motifs is 2. The van der Waals surface area contributed by atoms with Crippen LogP contribution >= 0.6 is 11.8 Å². The molecule has 1 N–H and O–H groups in total. The summed E-state index contributed by atoms with van der Waals surface area (Å²) in [5.74, 6) is -1.79. The summed E-state index contributed by atoms with van der Waals surface area (Å²) >= 11 is 1.59. The van der Waals surface area contributed by atoms with Crippen LogP contribution in [0.2, 0.25) is 0 Å². The third kappa shape index (κ3) is 5.38. The molecule has 0 bridgehead atoms. The minimum absolute atomic E-state index is 0.0193. The number of aliphatic hydroxyl groups is 1. The van der Waals surface area contributed by atoms with Gasteiger partial charge in [0.25, 0.3) is 0 Å². The molecule has 206 valence electrons. The molecule has 4 aliphatic rings. The molecule has 2 fully saturated rings. The first kappa shape index (κ1) is 28.2. The van der Waals surface area contributed by atoms with E-state index in [2.05, 4.69) is 52.8 Å². The van der Waals surface area contributed by atoms with Gasteiger partial charge in [0.05, 0.1) is 23.2 Å². The van der Waals surface area contributed by atoms with E-state index in [1.54, 1.807) is 16.7 Å². The molecule has 5 atom stereocenters. The minimum Gasteiger partial charge on any atom is -0.465 e. The minimum atomic E-state index is -0.827. The van der Waals surface area contributed by atoms with Gasteiger partial charge in [-0.05, 0) is 57.8 Å². The third-order valence-corrected chi connectivity index (χ3v) is 9.85. The number of hydrogen-bond donors (Lipinski definition) is 1. The molecular weight excluding hydrogens is 488 g/mol. The zero-order valence-corrected chi connectivity index (χ0v) is 23.9. The molecule has 0 radical (unpaired) electrons. The van der Waals surface area contributed by atoms with E-state index in [4.69, 9.17) is 4.74 Å². The highest BCUT2D eigenvalue weighted by molar-refractivity contribution is 8.02. The quantitative estimate of drug-likeness (QED) is 0.317. The highest BCUT2D eigenvalue weighted by Gasteiger charge is 2.71. The second-order valence-electron chi connectivity index (χ2n) is 12.8. The number of allylic oxidation sites excluding steroid dienone is 1. The molecule has 2 saturated heterocycles. The van der Waals surface area contributed by atoms with Crippen molar-refractivity contribution in [1.82, 2.24) is 9.80 Å². The number of esters is 1. The van der Waals surface area contributed by atoms with Crippen LogP contribution in [0.1, 0.15) is 73.1 Å². The van der Waals surface area contributed by atoms with Crippen LogP contribution in [-0.2, 0) is 19.1 Å². The van der Waals surface area contributed by atoms with Crippen molar-refractivity contribution in [3.63, 3.8) is 0 Å². The Morgan fingerprint density at radius 3 is 2.54 bits per heavy atom. The van der Waals surface area contributed by atoms with E-state index in [1.807, 2.05) is 11.0 Å². The van der Waals surface area contributed by atoms with Gasteiger partial charge in [-0.3, -0.25) is 14.4 Å². The maximum atomic E-state index is 14.5. The van der Waals surface area contributed by atoms with Gasteiger partial charge in [0, 0.05) is 30.5 Å². The first-order chi connectivity index (χ1) is 17.4. The van der Waals surface area contributed by atoms with E-state index < -0.39 is 28.2 Å². The number of thioether (sulfide) groups is 1. The molecule has 4 aliphatic heterocycles. The molecule has 8 heteroatoms. The summed E-state index contributed by atoms with van der Waals surface area (Å²) in [5, 5.41) is 9.17. The van der Waals surface area contributed by atoms with Gasteiger partial charge in [-0.15, -0.1) is 11.8 Å². The fraction of sp³-hybridized carbons (Fsp3) is 0.759. The predicted octanol–water partition coefficient (Wildman–Crippen LogP) is 3.95. The van der Waals surface area contributed by atoms with E-state index in [9.17, 15) is 19.5 Å². The van der Waals surface area contributed by atoms with Crippen molar-refractivity contribution < 1.29 is 24.2 Å². The van der Waals surface area contributed by atoms with Gasteiger partial charge in [-0.1, -0.05) is 45.1 Å². The maximum absolute atomic E-state index is 14.5. The number of unbranched alkanes of at least 4 members (excludes halogenated alkanes) is 1. The Kier molecular flexibility index (Phi) is 8.20. The van der Waals surface area contributed by atoms with E-state index >= 15 is 0 Å². The summed E-state index contributed by atoms with van der Waals surface area (Å²) in [6.07, 6.45) is 12.9. The second-order valence-corrected chi connectivity index (χ2v) is 14.3. The summed E-state index contributed by atoms with van der Waals surface area (Å²) in [4.78, 5) is 45.7. The molecule has 37 heavy (non-hydrogen) atoms. The van der Waals surface area contributed by atoms with Crippen molar-refractivity contribution in [3.8, 4) is 0 Å². The average Bonchev–Trinajstić information content (AvgIpc) is 3.17. The lowest BCUT2D eigenvalue weighted by Crippen LogP contribution is -2.58. The van der Waals surface area contributed by atoms with Crippen molar-refractivity contribution in [2.24, 2.45) is 17.3 Å². The van der Waals surface area contributed by atoms with Crippen molar-refractivity contribution in [2.45, 2.75) is 94.7 Å². The number of aliphatic hydroxyl groups excluding tert-OH is 1. The summed E-state index contributed by atoms with van der Waals surface area (Å²) in [5.41, 5.74) is -0.395. The SMILES string of the molecule is CC(C)(C)CC(C)(C)N1CC=C[C@]23S[C@H]4/C=C\CCCCOC(=O)[C@H]4[C@H]2C(=O)N(CCCCO)C3C1=O. The molecular formula is C29H44N2O5S. The zero-order chi connectivity index (χ0) is 27.0. The van der Waals surface area contributed by atoms with Crippen LogP contribution in [-0.4, -0.2) is 80.6 Å². The normalized spacial score (nSPS) is 33.5.